The predicted molar refractivity (Wildman–Crippen MR) is 81.2 cm³/mol. The molecule has 0 aliphatic heterocycles. The summed E-state index contributed by atoms with van der Waals surface area (Å²) in [5.74, 6) is 5.14. The first-order valence-corrected chi connectivity index (χ1v) is 7.47. The van der Waals surface area contributed by atoms with E-state index in [9.17, 15) is 9.18 Å². The zero-order chi connectivity index (χ0) is 15.1. The van der Waals surface area contributed by atoms with E-state index in [4.69, 9.17) is 5.73 Å². The van der Waals surface area contributed by atoms with Crippen molar-refractivity contribution in [2.24, 2.45) is 11.7 Å². The highest BCUT2D eigenvalue weighted by Gasteiger charge is 2.16. The van der Waals surface area contributed by atoms with Crippen molar-refractivity contribution in [1.29, 1.82) is 0 Å². The van der Waals surface area contributed by atoms with E-state index >= 15 is 0 Å². The molecule has 3 nitrogen and oxygen atoms in total. The number of amides is 1. The van der Waals surface area contributed by atoms with Crippen LogP contribution in [0, 0.1) is 23.6 Å². The predicted octanol–water partition coefficient (Wildman–Crippen LogP) is 2.45. The molecule has 0 radical (unpaired) electrons. The maximum absolute atomic E-state index is 13.8. The summed E-state index contributed by atoms with van der Waals surface area (Å²) in [6, 6.07) is 4.31. The number of hydrogen-bond acceptors (Lipinski definition) is 2. The summed E-state index contributed by atoms with van der Waals surface area (Å²) in [6.45, 7) is 0.859. The monoisotopic (exact) mass is 288 g/mol. The normalized spacial score (nSPS) is 15.1. The molecule has 0 unspecified atom stereocenters. The van der Waals surface area contributed by atoms with Crippen LogP contribution in [0.25, 0.3) is 0 Å². The fourth-order valence-electron chi connectivity index (χ4n) is 2.65. The Balaban J connectivity index is 2.00. The van der Waals surface area contributed by atoms with Gasteiger partial charge in [0.15, 0.2) is 0 Å². The largest absolute Gasteiger partial charge is 0.352 e. The van der Waals surface area contributed by atoms with Crippen LogP contribution in [0.15, 0.2) is 18.2 Å². The van der Waals surface area contributed by atoms with Crippen LogP contribution in [0.1, 0.15) is 48.0 Å². The molecule has 0 heterocycles. The fraction of sp³-hybridized carbons (Fsp3) is 0.471. The molecule has 112 valence electrons. The van der Waals surface area contributed by atoms with Crippen molar-refractivity contribution >= 4 is 5.91 Å². The van der Waals surface area contributed by atoms with Gasteiger partial charge in [-0.1, -0.05) is 31.1 Å². The van der Waals surface area contributed by atoms with Gasteiger partial charge in [0.05, 0.1) is 12.1 Å². The molecule has 21 heavy (non-hydrogen) atoms. The maximum atomic E-state index is 13.8. The Morgan fingerprint density at radius 1 is 1.33 bits per heavy atom. The van der Waals surface area contributed by atoms with Gasteiger partial charge in [0, 0.05) is 12.1 Å². The number of nitrogens with two attached hydrogens (primary N) is 1. The summed E-state index contributed by atoms with van der Waals surface area (Å²) >= 11 is 0. The number of hydrogen-bond donors (Lipinski definition) is 2. The highest BCUT2D eigenvalue weighted by atomic mass is 19.1. The van der Waals surface area contributed by atoms with Crippen molar-refractivity contribution in [2.45, 2.75) is 32.1 Å². The van der Waals surface area contributed by atoms with Gasteiger partial charge in [0.2, 0.25) is 0 Å². The Morgan fingerprint density at radius 2 is 2.10 bits per heavy atom. The van der Waals surface area contributed by atoms with E-state index in [2.05, 4.69) is 17.2 Å². The molecule has 0 saturated heterocycles. The molecule has 1 amide bonds. The summed E-state index contributed by atoms with van der Waals surface area (Å²) in [5, 5.41) is 2.84. The average molecular weight is 288 g/mol. The van der Waals surface area contributed by atoms with Gasteiger partial charge in [-0.05, 0) is 37.0 Å². The summed E-state index contributed by atoms with van der Waals surface area (Å²) in [4.78, 5) is 12.1. The second-order valence-electron chi connectivity index (χ2n) is 5.41. The summed E-state index contributed by atoms with van der Waals surface area (Å²) in [7, 11) is 0. The van der Waals surface area contributed by atoms with E-state index < -0.39 is 5.82 Å². The SMILES string of the molecule is NCC#Cc1ccc(F)c(C(=O)NCC2CCCCC2)c1. The lowest BCUT2D eigenvalue weighted by molar-refractivity contribution is 0.0939. The van der Waals surface area contributed by atoms with Gasteiger partial charge in [0.25, 0.3) is 5.91 Å². The number of carbonyl (C=O) groups excluding carboxylic acids is 1. The molecule has 3 N–H and O–H groups in total. The Hall–Kier alpha value is -1.86. The first kappa shape index (κ1) is 15.5. The van der Waals surface area contributed by atoms with Crippen LogP contribution in [-0.4, -0.2) is 19.0 Å². The Kier molecular flexibility index (Phi) is 5.77. The van der Waals surface area contributed by atoms with Crippen molar-refractivity contribution < 1.29 is 9.18 Å². The molecule has 1 fully saturated rings. The van der Waals surface area contributed by atoms with E-state index in [0.29, 0.717) is 18.0 Å². The molecule has 4 heteroatoms. The van der Waals surface area contributed by atoms with Crippen LogP contribution >= 0.6 is 0 Å². The molecule has 1 aromatic carbocycles. The minimum atomic E-state index is -0.519. The molecule has 1 aliphatic rings. The standard InChI is InChI=1S/C17H21FN2O/c18-16-9-8-13(7-4-10-19)11-15(16)17(21)20-12-14-5-2-1-3-6-14/h8-9,11,14H,1-3,5-6,10,12,19H2,(H,20,21). The van der Waals surface area contributed by atoms with Crippen molar-refractivity contribution in [2.75, 3.05) is 13.1 Å². The Labute approximate surface area is 125 Å². The molecular formula is C17H21FN2O. The van der Waals surface area contributed by atoms with Crippen LogP contribution < -0.4 is 11.1 Å². The second kappa shape index (κ2) is 7.80. The smallest absolute Gasteiger partial charge is 0.254 e. The third-order valence-electron chi connectivity index (χ3n) is 3.82. The zero-order valence-electron chi connectivity index (χ0n) is 12.1. The zero-order valence-corrected chi connectivity index (χ0v) is 12.1. The van der Waals surface area contributed by atoms with Gasteiger partial charge in [-0.25, -0.2) is 4.39 Å². The van der Waals surface area contributed by atoms with E-state index in [1.54, 1.807) is 6.07 Å². The van der Waals surface area contributed by atoms with E-state index in [-0.39, 0.29) is 18.0 Å². The number of carbonyl (C=O) groups is 1. The number of nitrogens with one attached hydrogen (secondary N) is 1. The first-order chi connectivity index (χ1) is 10.2. The molecule has 1 saturated carbocycles. The first-order valence-electron chi connectivity index (χ1n) is 7.47. The fourth-order valence-corrected chi connectivity index (χ4v) is 2.65. The van der Waals surface area contributed by atoms with Crippen LogP contribution in [0.3, 0.4) is 0 Å². The summed E-state index contributed by atoms with van der Waals surface area (Å²) < 4.78 is 13.8. The lowest BCUT2D eigenvalue weighted by Crippen LogP contribution is -2.30. The van der Waals surface area contributed by atoms with Gasteiger partial charge in [-0.15, -0.1) is 0 Å². The van der Waals surface area contributed by atoms with Gasteiger partial charge in [0.1, 0.15) is 5.82 Å². The van der Waals surface area contributed by atoms with Crippen LogP contribution in [0.4, 0.5) is 4.39 Å². The van der Waals surface area contributed by atoms with Gasteiger partial charge in [-0.3, -0.25) is 4.79 Å². The van der Waals surface area contributed by atoms with Gasteiger partial charge >= 0.3 is 0 Å². The van der Waals surface area contributed by atoms with Crippen LogP contribution in [0.2, 0.25) is 0 Å². The quantitative estimate of drug-likeness (QED) is 0.839. The van der Waals surface area contributed by atoms with Gasteiger partial charge in [-0.2, -0.15) is 0 Å². The topological polar surface area (TPSA) is 55.1 Å². The number of rotatable bonds is 3. The van der Waals surface area contributed by atoms with Crippen LogP contribution in [0.5, 0.6) is 0 Å². The molecule has 2 rings (SSSR count). The third kappa shape index (κ3) is 4.57. The summed E-state index contributed by atoms with van der Waals surface area (Å²) in [6.07, 6.45) is 6.01. The van der Waals surface area contributed by atoms with E-state index in [1.165, 1.54) is 31.4 Å². The Morgan fingerprint density at radius 3 is 2.81 bits per heavy atom. The lowest BCUT2D eigenvalue weighted by Gasteiger charge is -2.21. The average Bonchev–Trinajstić information content (AvgIpc) is 2.53. The lowest BCUT2D eigenvalue weighted by atomic mass is 9.89. The molecule has 1 aliphatic carbocycles. The second-order valence-corrected chi connectivity index (χ2v) is 5.41. The minimum Gasteiger partial charge on any atom is -0.352 e. The van der Waals surface area contributed by atoms with Crippen molar-refractivity contribution in [3.05, 3.63) is 35.1 Å². The number of benzene rings is 1. The molecule has 1 aromatic rings. The molecule has 0 aromatic heterocycles. The van der Waals surface area contributed by atoms with E-state index in [0.717, 1.165) is 12.8 Å². The van der Waals surface area contributed by atoms with Crippen LogP contribution in [-0.2, 0) is 0 Å². The van der Waals surface area contributed by atoms with Crippen molar-refractivity contribution in [1.82, 2.24) is 5.32 Å². The van der Waals surface area contributed by atoms with Crippen molar-refractivity contribution in [3.8, 4) is 11.8 Å². The molecule has 0 atom stereocenters. The molecule has 0 spiro atoms. The highest BCUT2D eigenvalue weighted by Crippen LogP contribution is 2.22. The summed E-state index contributed by atoms with van der Waals surface area (Å²) in [5.41, 5.74) is 5.96. The van der Waals surface area contributed by atoms with E-state index in [1.807, 2.05) is 0 Å². The van der Waals surface area contributed by atoms with Crippen molar-refractivity contribution in [3.63, 3.8) is 0 Å². The minimum absolute atomic E-state index is 0.0506. The maximum Gasteiger partial charge on any atom is 0.254 e. The molecule has 0 bridgehead atoms. The van der Waals surface area contributed by atoms with Gasteiger partial charge < -0.3 is 11.1 Å². The highest BCUT2D eigenvalue weighted by molar-refractivity contribution is 5.94. The molecular weight excluding hydrogens is 267 g/mol. The number of halogens is 1. The Bertz CT molecular complexity index is 554. The third-order valence-corrected chi connectivity index (χ3v) is 3.82.